The van der Waals surface area contributed by atoms with Crippen molar-refractivity contribution in [3.8, 4) is 0 Å². The number of nitrogens with two attached hydrogens (primary N) is 1. The monoisotopic (exact) mass is 262 g/mol. The van der Waals surface area contributed by atoms with E-state index in [1.807, 2.05) is 0 Å². The van der Waals surface area contributed by atoms with E-state index >= 15 is 0 Å². The Balaban J connectivity index is 2.95. The van der Waals surface area contributed by atoms with Crippen molar-refractivity contribution in [3.05, 3.63) is 34.4 Å². The fourth-order valence-electron chi connectivity index (χ4n) is 2.14. The highest BCUT2D eigenvalue weighted by molar-refractivity contribution is 5.79. The summed E-state index contributed by atoms with van der Waals surface area (Å²) in [5, 5.41) is 2.82. The number of hydrogen-bond acceptors (Lipinski definition) is 2. The van der Waals surface area contributed by atoms with Crippen LogP contribution in [0, 0.1) is 13.8 Å². The molecular weight excluding hydrogens is 236 g/mol. The average Bonchev–Trinajstić information content (AvgIpc) is 2.29. The molecule has 0 aliphatic heterocycles. The van der Waals surface area contributed by atoms with Crippen LogP contribution in [0.2, 0.25) is 0 Å². The van der Waals surface area contributed by atoms with E-state index in [1.165, 1.54) is 16.7 Å². The fourth-order valence-corrected chi connectivity index (χ4v) is 2.14. The number of carbonyl (C=O) groups excluding carboxylic acids is 1. The first-order valence-electron chi connectivity index (χ1n) is 6.83. The third kappa shape index (κ3) is 4.35. The van der Waals surface area contributed by atoms with Crippen molar-refractivity contribution >= 4 is 5.91 Å². The summed E-state index contributed by atoms with van der Waals surface area (Å²) < 4.78 is 0. The molecule has 0 saturated heterocycles. The molecule has 1 aromatic rings. The fraction of sp³-hybridized carbons (Fsp3) is 0.562. The molecule has 1 aromatic carbocycles. The Morgan fingerprint density at radius 3 is 2.16 bits per heavy atom. The molecule has 0 aliphatic rings. The summed E-state index contributed by atoms with van der Waals surface area (Å²) >= 11 is 0. The van der Waals surface area contributed by atoms with Gasteiger partial charge in [0.2, 0.25) is 5.91 Å². The van der Waals surface area contributed by atoms with Gasteiger partial charge in [-0.05, 0) is 41.5 Å². The number of amides is 1. The average molecular weight is 262 g/mol. The summed E-state index contributed by atoms with van der Waals surface area (Å²) in [5.41, 5.74) is 10.3. The zero-order chi connectivity index (χ0) is 14.6. The van der Waals surface area contributed by atoms with Crippen molar-refractivity contribution in [2.75, 3.05) is 13.1 Å². The van der Waals surface area contributed by atoms with Crippen LogP contribution in [0.3, 0.4) is 0 Å². The van der Waals surface area contributed by atoms with Crippen molar-refractivity contribution in [2.24, 2.45) is 5.73 Å². The topological polar surface area (TPSA) is 55.1 Å². The molecule has 3 N–H and O–H groups in total. The molecule has 0 radical (unpaired) electrons. The second kappa shape index (κ2) is 6.20. The smallest absolute Gasteiger partial charge is 0.224 e. The van der Waals surface area contributed by atoms with Gasteiger partial charge in [0.05, 0.1) is 6.42 Å². The molecule has 0 aliphatic carbocycles. The van der Waals surface area contributed by atoms with Crippen molar-refractivity contribution in [2.45, 2.75) is 46.5 Å². The molecule has 19 heavy (non-hydrogen) atoms. The predicted octanol–water partition coefficient (Wildman–Crippen LogP) is 2.22. The summed E-state index contributed by atoms with van der Waals surface area (Å²) in [6, 6.07) is 4.39. The molecule has 0 fully saturated rings. The Kier molecular flexibility index (Phi) is 5.12. The third-order valence-electron chi connectivity index (χ3n) is 3.37. The minimum Gasteiger partial charge on any atom is -0.355 e. The van der Waals surface area contributed by atoms with Crippen LogP contribution >= 0.6 is 0 Å². The number of hydrogen-bond donors (Lipinski definition) is 2. The minimum absolute atomic E-state index is 0.0418. The highest BCUT2D eigenvalue weighted by Gasteiger charge is 2.17. The largest absolute Gasteiger partial charge is 0.355 e. The maximum absolute atomic E-state index is 11.8. The Morgan fingerprint density at radius 1 is 1.21 bits per heavy atom. The van der Waals surface area contributed by atoms with Gasteiger partial charge in [0, 0.05) is 13.1 Å². The van der Waals surface area contributed by atoms with Gasteiger partial charge in [0.25, 0.3) is 0 Å². The summed E-state index contributed by atoms with van der Waals surface area (Å²) in [6.45, 7) is 11.8. The lowest BCUT2D eigenvalue weighted by Gasteiger charge is -2.22. The van der Waals surface area contributed by atoms with Crippen molar-refractivity contribution < 1.29 is 4.79 Å². The van der Waals surface area contributed by atoms with Crippen LogP contribution in [0.25, 0.3) is 0 Å². The highest BCUT2D eigenvalue weighted by Crippen LogP contribution is 2.27. The lowest BCUT2D eigenvalue weighted by Crippen LogP contribution is -2.30. The molecule has 0 saturated carbocycles. The molecule has 0 unspecified atom stereocenters. The number of carbonyl (C=O) groups is 1. The molecule has 0 bridgehead atoms. The second-order valence-corrected chi connectivity index (χ2v) is 6.15. The zero-order valence-corrected chi connectivity index (χ0v) is 12.8. The molecule has 0 atom stereocenters. The van der Waals surface area contributed by atoms with E-state index in [-0.39, 0.29) is 11.3 Å². The van der Waals surface area contributed by atoms with Crippen LogP contribution in [-0.4, -0.2) is 19.0 Å². The Hall–Kier alpha value is -1.35. The van der Waals surface area contributed by atoms with Crippen LogP contribution in [0.5, 0.6) is 0 Å². The predicted molar refractivity (Wildman–Crippen MR) is 80.4 cm³/mol. The zero-order valence-electron chi connectivity index (χ0n) is 12.8. The van der Waals surface area contributed by atoms with Gasteiger partial charge in [-0.25, -0.2) is 0 Å². The van der Waals surface area contributed by atoms with E-state index in [0.29, 0.717) is 19.5 Å². The van der Waals surface area contributed by atoms with Crippen molar-refractivity contribution in [3.63, 3.8) is 0 Å². The maximum Gasteiger partial charge on any atom is 0.224 e. The molecule has 3 nitrogen and oxygen atoms in total. The van der Waals surface area contributed by atoms with Gasteiger partial charge >= 0.3 is 0 Å². The van der Waals surface area contributed by atoms with Crippen LogP contribution in [0.15, 0.2) is 12.1 Å². The Morgan fingerprint density at radius 2 is 1.74 bits per heavy atom. The van der Waals surface area contributed by atoms with Crippen LogP contribution < -0.4 is 11.1 Å². The Bertz CT molecular complexity index is 435. The first-order valence-corrected chi connectivity index (χ1v) is 6.83. The quantitative estimate of drug-likeness (QED) is 0.874. The Labute approximate surface area is 116 Å². The van der Waals surface area contributed by atoms with Crippen LogP contribution in [0.4, 0.5) is 0 Å². The van der Waals surface area contributed by atoms with Gasteiger partial charge in [0.1, 0.15) is 0 Å². The van der Waals surface area contributed by atoms with E-state index in [1.54, 1.807) is 0 Å². The van der Waals surface area contributed by atoms with E-state index in [4.69, 9.17) is 5.73 Å². The van der Waals surface area contributed by atoms with Gasteiger partial charge in [-0.3, -0.25) is 4.79 Å². The molecule has 1 amide bonds. The molecule has 3 heteroatoms. The molecule has 1 rings (SSSR count). The van der Waals surface area contributed by atoms with Gasteiger partial charge in [-0.2, -0.15) is 0 Å². The number of rotatable bonds is 4. The van der Waals surface area contributed by atoms with Gasteiger partial charge in [-0.15, -0.1) is 0 Å². The SMILES string of the molecule is Cc1cc(C(C)(C)C)cc(C)c1CC(=O)NCCN. The number of nitrogens with one attached hydrogen (secondary N) is 1. The lowest BCUT2D eigenvalue weighted by atomic mass is 9.83. The summed E-state index contributed by atoms with van der Waals surface area (Å²) in [5.74, 6) is 0.0418. The molecule has 0 aromatic heterocycles. The molecular formula is C16H26N2O. The summed E-state index contributed by atoms with van der Waals surface area (Å²) in [7, 11) is 0. The summed E-state index contributed by atoms with van der Waals surface area (Å²) in [6.07, 6.45) is 0.433. The summed E-state index contributed by atoms with van der Waals surface area (Å²) in [4.78, 5) is 11.8. The van der Waals surface area contributed by atoms with E-state index < -0.39 is 0 Å². The second-order valence-electron chi connectivity index (χ2n) is 6.15. The van der Waals surface area contributed by atoms with E-state index in [2.05, 4.69) is 52.1 Å². The molecule has 0 spiro atoms. The van der Waals surface area contributed by atoms with Gasteiger partial charge < -0.3 is 11.1 Å². The van der Waals surface area contributed by atoms with Gasteiger partial charge in [0.15, 0.2) is 0 Å². The van der Waals surface area contributed by atoms with Crippen LogP contribution in [0.1, 0.15) is 43.0 Å². The number of aryl methyl sites for hydroxylation is 2. The van der Waals surface area contributed by atoms with E-state index in [0.717, 1.165) is 5.56 Å². The molecule has 0 heterocycles. The van der Waals surface area contributed by atoms with Crippen molar-refractivity contribution in [1.29, 1.82) is 0 Å². The standard InChI is InChI=1S/C16H26N2O/c1-11-8-13(16(3,4)5)9-12(2)14(11)10-15(19)18-7-6-17/h8-9H,6-7,10,17H2,1-5H3,(H,18,19). The number of benzene rings is 1. The normalized spacial score (nSPS) is 11.5. The first kappa shape index (κ1) is 15.7. The van der Waals surface area contributed by atoms with Gasteiger partial charge in [-0.1, -0.05) is 32.9 Å². The minimum atomic E-state index is 0.0418. The van der Waals surface area contributed by atoms with Crippen molar-refractivity contribution in [1.82, 2.24) is 5.32 Å². The van der Waals surface area contributed by atoms with Crippen LogP contribution in [-0.2, 0) is 16.6 Å². The third-order valence-corrected chi connectivity index (χ3v) is 3.37. The maximum atomic E-state index is 11.8. The van der Waals surface area contributed by atoms with E-state index in [9.17, 15) is 4.79 Å². The first-order chi connectivity index (χ1) is 8.75. The lowest BCUT2D eigenvalue weighted by molar-refractivity contribution is -0.120. The highest BCUT2D eigenvalue weighted by atomic mass is 16.1. The molecule has 106 valence electrons.